The summed E-state index contributed by atoms with van der Waals surface area (Å²) in [7, 11) is 1.63. The van der Waals surface area contributed by atoms with Crippen LogP contribution in [0.25, 0.3) is 0 Å². The molecule has 0 spiro atoms. The summed E-state index contributed by atoms with van der Waals surface area (Å²) in [6.45, 7) is 0.897. The lowest BCUT2D eigenvalue weighted by Crippen LogP contribution is -2.45. The molecular weight excluding hydrogens is 372 g/mol. The number of imide groups is 1. The molecular formula is C22H22N2O5. The lowest BCUT2D eigenvalue weighted by Gasteiger charge is -2.27. The monoisotopic (exact) mass is 394 g/mol. The van der Waals surface area contributed by atoms with Crippen molar-refractivity contribution in [2.75, 3.05) is 20.2 Å². The summed E-state index contributed by atoms with van der Waals surface area (Å²) in [5, 5.41) is 0. The van der Waals surface area contributed by atoms with Crippen LogP contribution in [0.3, 0.4) is 0 Å². The first-order valence-electron chi connectivity index (χ1n) is 9.27. The minimum atomic E-state index is -0.805. The van der Waals surface area contributed by atoms with Crippen LogP contribution in [0.2, 0.25) is 0 Å². The number of nitrogens with zero attached hydrogens (tertiary/aromatic N) is 2. The molecule has 29 heavy (non-hydrogen) atoms. The molecule has 1 aliphatic rings. The third-order valence-electron chi connectivity index (χ3n) is 5.04. The van der Waals surface area contributed by atoms with E-state index in [0.29, 0.717) is 11.1 Å². The van der Waals surface area contributed by atoms with E-state index in [1.165, 1.54) is 4.90 Å². The zero-order valence-electron chi connectivity index (χ0n) is 16.3. The fourth-order valence-corrected chi connectivity index (χ4v) is 3.15. The molecule has 7 heteroatoms. The number of carbonyl (C=O) groups is 4. The van der Waals surface area contributed by atoms with Gasteiger partial charge in [-0.05, 0) is 24.1 Å². The molecule has 0 radical (unpaired) electrons. The lowest BCUT2D eigenvalue weighted by molar-refractivity contribution is -0.154. The van der Waals surface area contributed by atoms with Gasteiger partial charge in [-0.1, -0.05) is 48.5 Å². The third kappa shape index (κ3) is 4.51. The normalized spacial score (nSPS) is 14.2. The summed E-state index contributed by atoms with van der Waals surface area (Å²) in [5.41, 5.74) is 1.99. The summed E-state index contributed by atoms with van der Waals surface area (Å²) in [6.07, 6.45) is 0.0471. The van der Waals surface area contributed by atoms with Gasteiger partial charge in [0.2, 0.25) is 5.91 Å². The average molecular weight is 394 g/mol. The van der Waals surface area contributed by atoms with E-state index in [1.807, 2.05) is 37.3 Å². The van der Waals surface area contributed by atoms with Gasteiger partial charge in [-0.2, -0.15) is 0 Å². The maximum Gasteiger partial charge on any atom is 0.326 e. The summed E-state index contributed by atoms with van der Waals surface area (Å²) >= 11 is 0. The minimum Gasteiger partial charge on any atom is -0.454 e. The molecule has 2 aromatic rings. The second-order valence-corrected chi connectivity index (χ2v) is 6.87. The molecule has 0 aromatic heterocycles. The Morgan fingerprint density at radius 1 is 1.07 bits per heavy atom. The smallest absolute Gasteiger partial charge is 0.326 e. The SMILES string of the molecule is C[C@H](c1ccccc1)N(C)C(=O)COC(=O)CN1C(=O)Cc2ccccc2C1=O. The first kappa shape index (κ1) is 20.3. The Labute approximate surface area is 168 Å². The zero-order valence-corrected chi connectivity index (χ0v) is 16.3. The van der Waals surface area contributed by atoms with E-state index in [9.17, 15) is 19.2 Å². The van der Waals surface area contributed by atoms with Gasteiger partial charge in [0.25, 0.3) is 11.8 Å². The van der Waals surface area contributed by atoms with Crippen molar-refractivity contribution < 1.29 is 23.9 Å². The van der Waals surface area contributed by atoms with Crippen LogP contribution in [0.1, 0.15) is 34.5 Å². The summed E-state index contributed by atoms with van der Waals surface area (Å²) < 4.78 is 5.02. The second kappa shape index (κ2) is 8.68. The molecule has 1 aliphatic heterocycles. The second-order valence-electron chi connectivity index (χ2n) is 6.87. The molecule has 2 aromatic carbocycles. The van der Waals surface area contributed by atoms with Gasteiger partial charge >= 0.3 is 5.97 Å². The molecule has 0 bridgehead atoms. The van der Waals surface area contributed by atoms with Crippen LogP contribution < -0.4 is 0 Å². The van der Waals surface area contributed by atoms with Gasteiger partial charge in [-0.15, -0.1) is 0 Å². The van der Waals surface area contributed by atoms with Crippen molar-refractivity contribution in [3.8, 4) is 0 Å². The van der Waals surface area contributed by atoms with Crippen molar-refractivity contribution in [3.63, 3.8) is 0 Å². The van der Waals surface area contributed by atoms with Crippen LogP contribution >= 0.6 is 0 Å². The highest BCUT2D eigenvalue weighted by Gasteiger charge is 2.32. The number of fused-ring (bicyclic) bond motifs is 1. The van der Waals surface area contributed by atoms with Gasteiger partial charge in [-0.3, -0.25) is 24.1 Å². The number of likely N-dealkylation sites (N-methyl/N-ethyl adjacent to an activating group) is 1. The predicted octanol–water partition coefficient (Wildman–Crippen LogP) is 1.97. The highest BCUT2D eigenvalue weighted by atomic mass is 16.5. The molecule has 1 atom stereocenters. The van der Waals surface area contributed by atoms with Gasteiger partial charge in [0.15, 0.2) is 6.61 Å². The molecule has 150 valence electrons. The van der Waals surface area contributed by atoms with Crippen LogP contribution in [-0.4, -0.2) is 53.7 Å². The van der Waals surface area contributed by atoms with Crippen molar-refractivity contribution in [2.45, 2.75) is 19.4 Å². The molecule has 7 nitrogen and oxygen atoms in total. The van der Waals surface area contributed by atoms with Crippen molar-refractivity contribution in [3.05, 3.63) is 71.3 Å². The number of ether oxygens (including phenoxy) is 1. The van der Waals surface area contributed by atoms with Crippen LogP contribution in [0.5, 0.6) is 0 Å². The Morgan fingerprint density at radius 2 is 1.72 bits per heavy atom. The molecule has 0 saturated carbocycles. The molecule has 3 amide bonds. The van der Waals surface area contributed by atoms with Crippen LogP contribution in [0.15, 0.2) is 54.6 Å². The zero-order chi connectivity index (χ0) is 21.0. The molecule has 3 rings (SSSR count). The number of hydrogen-bond donors (Lipinski definition) is 0. The fraction of sp³-hybridized carbons (Fsp3) is 0.273. The van der Waals surface area contributed by atoms with Crippen molar-refractivity contribution >= 4 is 23.7 Å². The Kier molecular flexibility index (Phi) is 6.07. The number of benzene rings is 2. The van der Waals surface area contributed by atoms with E-state index in [2.05, 4.69) is 0 Å². The van der Waals surface area contributed by atoms with Crippen molar-refractivity contribution in [2.24, 2.45) is 0 Å². The standard InChI is InChI=1S/C22H22N2O5/c1-15(16-8-4-3-5-9-16)23(2)20(26)14-29-21(27)13-24-19(25)12-17-10-6-7-11-18(17)22(24)28/h3-11,15H,12-14H2,1-2H3/t15-/m1/s1. The molecule has 0 unspecified atom stereocenters. The predicted molar refractivity (Wildman–Crippen MR) is 105 cm³/mol. The van der Waals surface area contributed by atoms with E-state index < -0.39 is 30.9 Å². The summed E-state index contributed by atoms with van der Waals surface area (Å²) in [4.78, 5) is 51.5. The van der Waals surface area contributed by atoms with Gasteiger partial charge < -0.3 is 9.64 Å². The van der Waals surface area contributed by atoms with Crippen molar-refractivity contribution in [1.82, 2.24) is 9.80 Å². The van der Waals surface area contributed by atoms with Crippen LogP contribution in [0.4, 0.5) is 0 Å². The highest BCUT2D eigenvalue weighted by molar-refractivity contribution is 6.11. The van der Waals surface area contributed by atoms with E-state index >= 15 is 0 Å². The number of carbonyl (C=O) groups excluding carboxylic acids is 4. The van der Waals surface area contributed by atoms with E-state index in [4.69, 9.17) is 4.74 Å². The number of esters is 1. The first-order valence-corrected chi connectivity index (χ1v) is 9.27. The minimum absolute atomic E-state index is 0.0471. The molecule has 0 aliphatic carbocycles. The Balaban J connectivity index is 1.55. The molecule has 0 fully saturated rings. The largest absolute Gasteiger partial charge is 0.454 e. The average Bonchev–Trinajstić information content (AvgIpc) is 2.74. The Bertz CT molecular complexity index is 941. The van der Waals surface area contributed by atoms with Gasteiger partial charge in [0, 0.05) is 12.6 Å². The quantitative estimate of drug-likeness (QED) is 0.553. The van der Waals surface area contributed by atoms with E-state index in [0.717, 1.165) is 10.5 Å². The Morgan fingerprint density at radius 3 is 2.45 bits per heavy atom. The van der Waals surface area contributed by atoms with Crippen molar-refractivity contribution in [1.29, 1.82) is 0 Å². The van der Waals surface area contributed by atoms with Crippen LogP contribution in [-0.2, 0) is 25.5 Å². The lowest BCUT2D eigenvalue weighted by atomic mass is 9.98. The van der Waals surface area contributed by atoms with Gasteiger partial charge in [0.05, 0.1) is 12.5 Å². The Hall–Kier alpha value is -3.48. The third-order valence-corrected chi connectivity index (χ3v) is 5.04. The maximum absolute atomic E-state index is 12.5. The first-order chi connectivity index (χ1) is 13.9. The summed E-state index contributed by atoms with van der Waals surface area (Å²) in [5.74, 6) is -2.18. The highest BCUT2D eigenvalue weighted by Crippen LogP contribution is 2.20. The fourth-order valence-electron chi connectivity index (χ4n) is 3.15. The topological polar surface area (TPSA) is 84.0 Å². The number of amides is 3. The molecule has 1 heterocycles. The summed E-state index contributed by atoms with van der Waals surface area (Å²) in [6, 6.07) is 16.1. The van der Waals surface area contributed by atoms with E-state index in [-0.39, 0.29) is 18.4 Å². The van der Waals surface area contributed by atoms with Gasteiger partial charge in [0.1, 0.15) is 6.54 Å². The van der Waals surface area contributed by atoms with Gasteiger partial charge in [-0.25, -0.2) is 0 Å². The maximum atomic E-state index is 12.5. The molecule has 0 saturated heterocycles. The number of rotatable bonds is 6. The van der Waals surface area contributed by atoms with Crippen LogP contribution in [0, 0.1) is 0 Å². The molecule has 0 N–H and O–H groups in total. The number of hydrogen-bond acceptors (Lipinski definition) is 5. The van der Waals surface area contributed by atoms with E-state index in [1.54, 1.807) is 31.3 Å².